The molecule has 0 bridgehead atoms. The number of hydrogen-bond acceptors (Lipinski definition) is 4. The average molecular weight is 280 g/mol. The fourth-order valence-electron chi connectivity index (χ4n) is 1.42. The normalized spacial score (nSPS) is 9.95. The maximum absolute atomic E-state index is 11.3. The number of methoxy groups -OCH3 is 1. The van der Waals surface area contributed by atoms with Gasteiger partial charge < -0.3 is 19.7 Å². The first kappa shape index (κ1) is 16.0. The molecule has 0 saturated carbocycles. The Morgan fingerprint density at radius 2 is 1.90 bits per heavy atom. The lowest BCUT2D eigenvalue weighted by Gasteiger charge is -2.15. The van der Waals surface area contributed by atoms with Gasteiger partial charge in [-0.1, -0.05) is 0 Å². The zero-order valence-corrected chi connectivity index (χ0v) is 12.0. The zero-order chi connectivity index (χ0) is 15.0. The summed E-state index contributed by atoms with van der Waals surface area (Å²) in [5, 5.41) is 2.69. The van der Waals surface area contributed by atoms with E-state index < -0.39 is 0 Å². The first-order valence-corrected chi connectivity index (χ1v) is 6.26. The molecule has 0 aromatic heterocycles. The Balaban J connectivity index is 2.39. The number of anilines is 1. The molecule has 0 unspecified atom stereocenters. The Hall–Kier alpha value is -2.08. The van der Waals surface area contributed by atoms with Crippen molar-refractivity contribution in [2.24, 2.45) is 0 Å². The molecule has 6 heteroatoms. The summed E-state index contributed by atoms with van der Waals surface area (Å²) in [6, 6.07) is 7.02. The molecule has 0 radical (unpaired) electrons. The second-order valence-corrected chi connectivity index (χ2v) is 4.29. The van der Waals surface area contributed by atoms with Gasteiger partial charge in [0.15, 0.2) is 0 Å². The molecule has 0 aliphatic heterocycles. The molecule has 2 amide bonds. The third kappa shape index (κ3) is 5.71. The highest BCUT2D eigenvalue weighted by molar-refractivity contribution is 5.91. The molecule has 1 rings (SSSR count). The van der Waals surface area contributed by atoms with Crippen LogP contribution in [-0.4, -0.2) is 50.6 Å². The SMILES string of the molecule is COCC(=O)Nc1ccc(OCCN(C)C(C)=O)cc1. The topological polar surface area (TPSA) is 67.9 Å². The van der Waals surface area contributed by atoms with Gasteiger partial charge in [0.25, 0.3) is 0 Å². The Morgan fingerprint density at radius 1 is 1.25 bits per heavy atom. The van der Waals surface area contributed by atoms with Gasteiger partial charge in [0.05, 0.1) is 6.54 Å². The standard InChI is InChI=1S/C14H20N2O4/c1-11(17)16(2)8-9-20-13-6-4-12(5-7-13)15-14(18)10-19-3/h4-7H,8-10H2,1-3H3,(H,15,18). The summed E-state index contributed by atoms with van der Waals surface area (Å²) < 4.78 is 10.2. The number of benzene rings is 1. The first-order valence-electron chi connectivity index (χ1n) is 6.26. The highest BCUT2D eigenvalue weighted by Gasteiger charge is 2.03. The van der Waals surface area contributed by atoms with Crippen LogP contribution in [0.2, 0.25) is 0 Å². The fraction of sp³-hybridized carbons (Fsp3) is 0.429. The van der Waals surface area contributed by atoms with E-state index in [1.807, 2.05) is 0 Å². The van der Waals surface area contributed by atoms with Crippen LogP contribution in [0.5, 0.6) is 5.75 Å². The number of nitrogens with zero attached hydrogens (tertiary/aromatic N) is 1. The monoisotopic (exact) mass is 280 g/mol. The summed E-state index contributed by atoms with van der Waals surface area (Å²) in [7, 11) is 3.19. The van der Waals surface area contributed by atoms with Crippen molar-refractivity contribution >= 4 is 17.5 Å². The quantitative estimate of drug-likeness (QED) is 0.813. The number of nitrogens with one attached hydrogen (secondary N) is 1. The van der Waals surface area contributed by atoms with Crippen LogP contribution in [0.4, 0.5) is 5.69 Å². The molecule has 0 heterocycles. The van der Waals surface area contributed by atoms with E-state index >= 15 is 0 Å². The lowest BCUT2D eigenvalue weighted by molar-refractivity contribution is -0.127. The first-order chi connectivity index (χ1) is 9.52. The fourth-order valence-corrected chi connectivity index (χ4v) is 1.42. The maximum atomic E-state index is 11.3. The summed E-state index contributed by atoms with van der Waals surface area (Å²) in [5.74, 6) is 0.487. The van der Waals surface area contributed by atoms with Crippen LogP contribution in [-0.2, 0) is 14.3 Å². The summed E-state index contributed by atoms with van der Waals surface area (Å²) in [5.41, 5.74) is 0.681. The third-order valence-corrected chi connectivity index (χ3v) is 2.65. The van der Waals surface area contributed by atoms with E-state index in [0.717, 1.165) is 0 Å². The predicted octanol–water partition coefficient (Wildman–Crippen LogP) is 1.13. The van der Waals surface area contributed by atoms with Gasteiger partial charge >= 0.3 is 0 Å². The van der Waals surface area contributed by atoms with Crippen molar-refractivity contribution in [3.05, 3.63) is 24.3 Å². The van der Waals surface area contributed by atoms with E-state index in [-0.39, 0.29) is 18.4 Å². The van der Waals surface area contributed by atoms with Gasteiger partial charge in [-0.25, -0.2) is 0 Å². The van der Waals surface area contributed by atoms with E-state index in [1.54, 1.807) is 36.2 Å². The van der Waals surface area contributed by atoms with E-state index in [2.05, 4.69) is 5.32 Å². The number of rotatable bonds is 7. The molecule has 6 nitrogen and oxygen atoms in total. The highest BCUT2D eigenvalue weighted by Crippen LogP contribution is 2.15. The van der Waals surface area contributed by atoms with Crippen molar-refractivity contribution in [2.45, 2.75) is 6.92 Å². The molecule has 1 aromatic carbocycles. The number of hydrogen-bond donors (Lipinski definition) is 1. The minimum absolute atomic E-state index is 0.00445. The van der Waals surface area contributed by atoms with Gasteiger partial charge in [0.1, 0.15) is 19.0 Å². The van der Waals surface area contributed by atoms with Gasteiger partial charge in [-0.3, -0.25) is 9.59 Å². The second-order valence-electron chi connectivity index (χ2n) is 4.29. The lowest BCUT2D eigenvalue weighted by atomic mass is 10.3. The van der Waals surface area contributed by atoms with Crippen molar-refractivity contribution in [1.82, 2.24) is 4.90 Å². The molecule has 0 saturated heterocycles. The molecular weight excluding hydrogens is 260 g/mol. The molecule has 0 atom stereocenters. The van der Waals surface area contributed by atoms with Crippen LogP contribution in [0.25, 0.3) is 0 Å². The van der Waals surface area contributed by atoms with Crippen molar-refractivity contribution in [1.29, 1.82) is 0 Å². The Bertz CT molecular complexity index is 445. The number of carbonyl (C=O) groups is 2. The smallest absolute Gasteiger partial charge is 0.250 e. The van der Waals surface area contributed by atoms with E-state index in [9.17, 15) is 9.59 Å². The van der Waals surface area contributed by atoms with Crippen molar-refractivity contribution in [3.63, 3.8) is 0 Å². The second kappa shape index (κ2) is 8.16. The molecule has 110 valence electrons. The largest absolute Gasteiger partial charge is 0.492 e. The molecule has 1 N–H and O–H groups in total. The third-order valence-electron chi connectivity index (χ3n) is 2.65. The summed E-state index contributed by atoms with van der Waals surface area (Å²) in [6.45, 7) is 2.49. The highest BCUT2D eigenvalue weighted by atomic mass is 16.5. The number of ether oxygens (including phenoxy) is 2. The number of amides is 2. The van der Waals surface area contributed by atoms with Crippen LogP contribution in [0.15, 0.2) is 24.3 Å². The van der Waals surface area contributed by atoms with Gasteiger partial charge in [-0.05, 0) is 24.3 Å². The molecule has 20 heavy (non-hydrogen) atoms. The van der Waals surface area contributed by atoms with E-state index in [0.29, 0.717) is 24.6 Å². The van der Waals surface area contributed by atoms with Crippen LogP contribution in [0, 0.1) is 0 Å². The molecule has 0 fully saturated rings. The molecule has 0 aliphatic rings. The summed E-state index contributed by atoms with van der Waals surface area (Å²) in [6.07, 6.45) is 0. The number of carbonyl (C=O) groups excluding carboxylic acids is 2. The molecule has 1 aromatic rings. The predicted molar refractivity (Wildman–Crippen MR) is 75.8 cm³/mol. The molecule has 0 aliphatic carbocycles. The zero-order valence-electron chi connectivity index (χ0n) is 12.0. The van der Waals surface area contributed by atoms with Gasteiger partial charge in [0.2, 0.25) is 11.8 Å². The van der Waals surface area contributed by atoms with Gasteiger partial charge in [-0.15, -0.1) is 0 Å². The average Bonchev–Trinajstić information content (AvgIpc) is 2.40. The van der Waals surface area contributed by atoms with Crippen molar-refractivity contribution in [2.75, 3.05) is 39.2 Å². The van der Waals surface area contributed by atoms with Crippen LogP contribution in [0.1, 0.15) is 6.92 Å². The molecular formula is C14H20N2O4. The van der Waals surface area contributed by atoms with Gasteiger partial charge in [0, 0.05) is 26.8 Å². The molecule has 0 spiro atoms. The Kier molecular flexibility index (Phi) is 6.52. The maximum Gasteiger partial charge on any atom is 0.250 e. The van der Waals surface area contributed by atoms with Crippen LogP contribution in [0.3, 0.4) is 0 Å². The van der Waals surface area contributed by atoms with Crippen molar-refractivity contribution < 1.29 is 19.1 Å². The minimum Gasteiger partial charge on any atom is -0.492 e. The summed E-state index contributed by atoms with van der Waals surface area (Å²) >= 11 is 0. The minimum atomic E-state index is -0.204. The van der Waals surface area contributed by atoms with E-state index in [4.69, 9.17) is 9.47 Å². The Morgan fingerprint density at radius 3 is 2.45 bits per heavy atom. The number of likely N-dealkylation sites (N-methyl/N-ethyl adjacent to an activating group) is 1. The van der Waals surface area contributed by atoms with Crippen LogP contribution < -0.4 is 10.1 Å². The summed E-state index contributed by atoms with van der Waals surface area (Å²) in [4.78, 5) is 23.9. The van der Waals surface area contributed by atoms with Crippen molar-refractivity contribution in [3.8, 4) is 5.75 Å². The van der Waals surface area contributed by atoms with Crippen LogP contribution >= 0.6 is 0 Å². The van der Waals surface area contributed by atoms with E-state index in [1.165, 1.54) is 14.0 Å². The Labute approximate surface area is 118 Å². The van der Waals surface area contributed by atoms with Gasteiger partial charge in [-0.2, -0.15) is 0 Å². The lowest BCUT2D eigenvalue weighted by Crippen LogP contribution is -2.28.